The number of unbranched alkanes of at least 4 members (excludes halogenated alkanes) is 1. The fourth-order valence-corrected chi connectivity index (χ4v) is 2.40. The first-order chi connectivity index (χ1) is 9.29. The third-order valence-corrected chi connectivity index (χ3v) is 3.54. The molecule has 1 aromatic carbocycles. The van der Waals surface area contributed by atoms with Crippen LogP contribution in [-0.2, 0) is 17.6 Å². The Kier molecular flexibility index (Phi) is 5.25. The fourth-order valence-electron chi connectivity index (χ4n) is 2.40. The molecule has 0 unspecified atom stereocenters. The number of rotatable bonds is 6. The molecule has 0 heterocycles. The number of amides is 1. The highest BCUT2D eigenvalue weighted by Crippen LogP contribution is 2.25. The smallest absolute Gasteiger partial charge is 0.257 e. The minimum Gasteiger partial charge on any atom is -0.484 e. The molecule has 0 bridgehead atoms. The van der Waals surface area contributed by atoms with Crippen molar-refractivity contribution in [3.05, 3.63) is 29.3 Å². The van der Waals surface area contributed by atoms with Gasteiger partial charge in [-0.25, -0.2) is 0 Å². The van der Waals surface area contributed by atoms with Gasteiger partial charge in [-0.1, -0.05) is 19.4 Å². The molecule has 19 heavy (non-hydrogen) atoms. The molecule has 0 aliphatic heterocycles. The number of carbonyl (C=O) groups is 1. The summed E-state index contributed by atoms with van der Waals surface area (Å²) in [5.74, 6) is 0.775. The minimum atomic E-state index is -0.0360. The normalized spacial score (nSPS) is 13.7. The monoisotopic (exact) mass is 261 g/mol. The van der Waals surface area contributed by atoms with Gasteiger partial charge in [-0.3, -0.25) is 4.79 Å². The lowest BCUT2D eigenvalue weighted by Crippen LogP contribution is -2.29. The third kappa shape index (κ3) is 4.27. The van der Waals surface area contributed by atoms with Crippen molar-refractivity contribution in [2.24, 2.45) is 0 Å². The average molecular weight is 261 g/mol. The number of nitrogens with one attached hydrogen (secondary N) is 1. The number of carbonyl (C=O) groups excluding carboxylic acids is 1. The summed E-state index contributed by atoms with van der Waals surface area (Å²) in [6.45, 7) is 2.96. The zero-order valence-electron chi connectivity index (χ0n) is 11.7. The van der Waals surface area contributed by atoms with Crippen LogP contribution in [0, 0.1) is 0 Å². The highest BCUT2D eigenvalue weighted by Gasteiger charge is 2.10. The van der Waals surface area contributed by atoms with Crippen molar-refractivity contribution in [1.29, 1.82) is 0 Å². The summed E-state index contributed by atoms with van der Waals surface area (Å²) in [5.41, 5.74) is 2.82. The van der Waals surface area contributed by atoms with Gasteiger partial charge in [-0.15, -0.1) is 0 Å². The van der Waals surface area contributed by atoms with Gasteiger partial charge < -0.3 is 10.1 Å². The third-order valence-electron chi connectivity index (χ3n) is 3.54. The molecule has 3 nitrogen and oxygen atoms in total. The molecule has 0 fully saturated rings. The molecule has 0 saturated heterocycles. The van der Waals surface area contributed by atoms with Crippen LogP contribution in [0.15, 0.2) is 18.2 Å². The molecule has 0 spiro atoms. The molecule has 1 aromatic rings. The topological polar surface area (TPSA) is 38.3 Å². The van der Waals surface area contributed by atoms with Gasteiger partial charge >= 0.3 is 0 Å². The molecular formula is C16H23NO2. The maximum Gasteiger partial charge on any atom is 0.257 e. The molecule has 2 rings (SSSR count). The van der Waals surface area contributed by atoms with E-state index in [1.165, 1.54) is 30.4 Å². The van der Waals surface area contributed by atoms with E-state index in [9.17, 15) is 4.79 Å². The van der Waals surface area contributed by atoms with Gasteiger partial charge in [-0.05, 0) is 55.4 Å². The summed E-state index contributed by atoms with van der Waals surface area (Å²) in [5, 5.41) is 2.85. The molecule has 0 saturated carbocycles. The Balaban J connectivity index is 1.81. The fraction of sp³-hybridized carbons (Fsp3) is 0.562. The highest BCUT2D eigenvalue weighted by atomic mass is 16.5. The van der Waals surface area contributed by atoms with E-state index in [-0.39, 0.29) is 12.5 Å². The number of fused-ring (bicyclic) bond motifs is 1. The highest BCUT2D eigenvalue weighted by molar-refractivity contribution is 5.77. The maximum absolute atomic E-state index is 11.5. The van der Waals surface area contributed by atoms with Crippen molar-refractivity contribution in [2.45, 2.75) is 45.4 Å². The predicted molar refractivity (Wildman–Crippen MR) is 76.5 cm³/mol. The van der Waals surface area contributed by atoms with Gasteiger partial charge in [0.25, 0.3) is 5.91 Å². The van der Waals surface area contributed by atoms with Crippen molar-refractivity contribution in [3.63, 3.8) is 0 Å². The summed E-state index contributed by atoms with van der Waals surface area (Å²) in [6, 6.07) is 6.20. The number of hydrogen-bond acceptors (Lipinski definition) is 2. The van der Waals surface area contributed by atoms with E-state index in [0.717, 1.165) is 31.6 Å². The molecule has 0 aromatic heterocycles. The van der Waals surface area contributed by atoms with Crippen molar-refractivity contribution >= 4 is 5.91 Å². The lowest BCUT2D eigenvalue weighted by atomic mass is 9.92. The van der Waals surface area contributed by atoms with E-state index >= 15 is 0 Å². The van der Waals surface area contributed by atoms with E-state index in [1.54, 1.807) is 0 Å². The summed E-state index contributed by atoms with van der Waals surface area (Å²) < 4.78 is 5.55. The number of aryl methyl sites for hydroxylation is 2. The summed E-state index contributed by atoms with van der Waals surface area (Å²) in [7, 11) is 0. The lowest BCUT2D eigenvalue weighted by Gasteiger charge is -2.16. The van der Waals surface area contributed by atoms with Crippen LogP contribution in [0.3, 0.4) is 0 Å². The predicted octanol–water partition coefficient (Wildman–Crippen LogP) is 2.86. The largest absolute Gasteiger partial charge is 0.484 e. The summed E-state index contributed by atoms with van der Waals surface area (Å²) in [4.78, 5) is 11.5. The Hall–Kier alpha value is -1.51. The van der Waals surface area contributed by atoms with Crippen molar-refractivity contribution < 1.29 is 9.53 Å². The molecule has 0 radical (unpaired) electrons. The van der Waals surface area contributed by atoms with Crippen LogP contribution in [0.1, 0.15) is 43.7 Å². The summed E-state index contributed by atoms with van der Waals surface area (Å²) >= 11 is 0. The number of benzene rings is 1. The second-order valence-electron chi connectivity index (χ2n) is 5.13. The Morgan fingerprint density at radius 2 is 2.05 bits per heavy atom. The van der Waals surface area contributed by atoms with Crippen LogP contribution in [0.5, 0.6) is 5.75 Å². The van der Waals surface area contributed by atoms with E-state index in [2.05, 4.69) is 24.4 Å². The summed E-state index contributed by atoms with van der Waals surface area (Å²) in [6.07, 6.45) is 6.96. The molecule has 1 amide bonds. The Morgan fingerprint density at radius 1 is 1.26 bits per heavy atom. The Morgan fingerprint density at radius 3 is 2.84 bits per heavy atom. The molecule has 0 atom stereocenters. The maximum atomic E-state index is 11.5. The van der Waals surface area contributed by atoms with Gasteiger partial charge in [0.05, 0.1) is 0 Å². The van der Waals surface area contributed by atoms with Gasteiger partial charge in [-0.2, -0.15) is 0 Å². The zero-order valence-corrected chi connectivity index (χ0v) is 11.7. The molecule has 1 aliphatic carbocycles. The van der Waals surface area contributed by atoms with E-state index in [4.69, 9.17) is 4.74 Å². The van der Waals surface area contributed by atoms with Crippen LogP contribution in [0.25, 0.3) is 0 Å². The van der Waals surface area contributed by atoms with Crippen LogP contribution in [0.4, 0.5) is 0 Å². The van der Waals surface area contributed by atoms with Gasteiger partial charge in [0.15, 0.2) is 6.61 Å². The van der Waals surface area contributed by atoms with E-state index < -0.39 is 0 Å². The van der Waals surface area contributed by atoms with Gasteiger partial charge in [0, 0.05) is 6.54 Å². The lowest BCUT2D eigenvalue weighted by molar-refractivity contribution is -0.123. The minimum absolute atomic E-state index is 0.0360. The number of hydrogen-bond donors (Lipinski definition) is 1. The van der Waals surface area contributed by atoms with Gasteiger partial charge in [0.1, 0.15) is 5.75 Å². The molecule has 1 N–H and O–H groups in total. The Labute approximate surface area is 115 Å². The Bertz CT molecular complexity index is 429. The van der Waals surface area contributed by atoms with Crippen molar-refractivity contribution in [3.8, 4) is 5.75 Å². The van der Waals surface area contributed by atoms with Crippen LogP contribution in [-0.4, -0.2) is 19.1 Å². The zero-order chi connectivity index (χ0) is 13.5. The van der Waals surface area contributed by atoms with Crippen LogP contribution < -0.4 is 10.1 Å². The van der Waals surface area contributed by atoms with Crippen molar-refractivity contribution in [2.75, 3.05) is 13.2 Å². The first-order valence-electron chi connectivity index (χ1n) is 7.31. The number of ether oxygens (including phenoxy) is 1. The SMILES string of the molecule is CCCCNC(=O)COc1ccc2c(c1)CCCC2. The quantitative estimate of drug-likeness (QED) is 0.800. The van der Waals surface area contributed by atoms with Crippen LogP contribution >= 0.6 is 0 Å². The van der Waals surface area contributed by atoms with Crippen LogP contribution in [0.2, 0.25) is 0 Å². The second kappa shape index (κ2) is 7.17. The standard InChI is InChI=1S/C16H23NO2/c1-2-3-10-17-16(18)12-19-15-9-8-13-6-4-5-7-14(13)11-15/h8-9,11H,2-7,10,12H2,1H3,(H,17,18). The first-order valence-corrected chi connectivity index (χ1v) is 7.31. The molecule has 3 heteroatoms. The molecule has 1 aliphatic rings. The first kappa shape index (κ1) is 13.9. The van der Waals surface area contributed by atoms with Gasteiger partial charge in [0.2, 0.25) is 0 Å². The molecule has 104 valence electrons. The van der Waals surface area contributed by atoms with E-state index in [0.29, 0.717) is 0 Å². The average Bonchev–Trinajstić information content (AvgIpc) is 2.45. The second-order valence-corrected chi connectivity index (χ2v) is 5.13. The molecular weight excluding hydrogens is 238 g/mol. The van der Waals surface area contributed by atoms with E-state index in [1.807, 2.05) is 6.07 Å². The van der Waals surface area contributed by atoms with Crippen molar-refractivity contribution in [1.82, 2.24) is 5.32 Å².